The molecule has 0 aromatic rings. The van der Waals surface area contributed by atoms with Gasteiger partial charge in [0.05, 0.1) is 26.4 Å². The van der Waals surface area contributed by atoms with Crippen LogP contribution in [0.3, 0.4) is 0 Å². The fourth-order valence-electron chi connectivity index (χ4n) is 5.23. The maximum absolute atomic E-state index is 11.1. The van der Waals surface area contributed by atoms with Gasteiger partial charge in [-0.1, -0.05) is 0 Å². The standard InChI is InChI=1S/C23H40O20/c24-1-6-10(29)12(31)16(35)22(39-6)43-19-18(42-21-15(34)9(28)5(27)4-37-21)11(30)7(2-25)40-23(19)41-17-8(3-26)38-20(36)14(33)13(17)32/h5-36H,1-4H2/t5-,6-,7-,8-,9+,10-,11-,12+,13-,14-,15-,16-,17+,18+,19-,20?,21?,22?,23?/m1/s1. The van der Waals surface area contributed by atoms with Crippen molar-refractivity contribution in [3.63, 3.8) is 0 Å². The molecule has 252 valence electrons. The van der Waals surface area contributed by atoms with E-state index in [4.69, 9.17) is 33.2 Å². The van der Waals surface area contributed by atoms with Crippen molar-refractivity contribution in [1.29, 1.82) is 0 Å². The quantitative estimate of drug-likeness (QED) is 0.112. The molecule has 0 aromatic heterocycles. The van der Waals surface area contributed by atoms with E-state index in [2.05, 4.69) is 0 Å². The first-order chi connectivity index (χ1) is 20.3. The molecule has 43 heavy (non-hydrogen) atoms. The molecule has 4 aliphatic heterocycles. The smallest absolute Gasteiger partial charge is 0.187 e. The molecule has 0 amide bonds. The van der Waals surface area contributed by atoms with Crippen molar-refractivity contribution < 1.29 is 99.5 Å². The highest BCUT2D eigenvalue weighted by Crippen LogP contribution is 2.35. The van der Waals surface area contributed by atoms with E-state index in [0.717, 1.165) is 0 Å². The van der Waals surface area contributed by atoms with Crippen molar-refractivity contribution in [1.82, 2.24) is 0 Å². The summed E-state index contributed by atoms with van der Waals surface area (Å²) in [7, 11) is 0. The Kier molecular flexibility index (Phi) is 12.0. The Hall–Kier alpha value is -0.800. The van der Waals surface area contributed by atoms with Crippen LogP contribution >= 0.6 is 0 Å². The Morgan fingerprint density at radius 3 is 1.60 bits per heavy atom. The fourth-order valence-corrected chi connectivity index (χ4v) is 5.23. The molecule has 0 spiro atoms. The summed E-state index contributed by atoms with van der Waals surface area (Å²) in [4.78, 5) is 0. The summed E-state index contributed by atoms with van der Waals surface area (Å²) in [6, 6.07) is 0. The SMILES string of the molecule is OC[C@H]1OC(O[C@H]2C(O[C@@H]3[C@H](O)[C@@H](O)C(O)O[C@@H]3CO)O[C@H](CO)[C@@H](O)[C@@H]2OC2OC[C@@H](O)[C@H](O)[C@H]2O)[C@H](O)[C@@H](O)[C@@H]1O. The van der Waals surface area contributed by atoms with E-state index < -0.39 is 143 Å². The number of rotatable bonds is 9. The predicted molar refractivity (Wildman–Crippen MR) is 128 cm³/mol. The van der Waals surface area contributed by atoms with Gasteiger partial charge in [0.1, 0.15) is 91.6 Å². The van der Waals surface area contributed by atoms with Crippen LogP contribution in [-0.2, 0) is 33.2 Å². The van der Waals surface area contributed by atoms with Crippen LogP contribution in [0, 0.1) is 0 Å². The summed E-state index contributed by atoms with van der Waals surface area (Å²) in [5, 5.41) is 132. The second kappa shape index (κ2) is 14.7. The monoisotopic (exact) mass is 636 g/mol. The molecule has 19 atom stereocenters. The minimum atomic E-state index is -1.99. The van der Waals surface area contributed by atoms with Gasteiger partial charge in [-0.3, -0.25) is 0 Å². The summed E-state index contributed by atoms with van der Waals surface area (Å²) in [5.74, 6) is 0. The van der Waals surface area contributed by atoms with Crippen LogP contribution in [0.15, 0.2) is 0 Å². The van der Waals surface area contributed by atoms with Gasteiger partial charge in [0.2, 0.25) is 0 Å². The minimum absolute atomic E-state index is 0.520. The van der Waals surface area contributed by atoms with Gasteiger partial charge in [-0.05, 0) is 0 Å². The molecule has 4 rings (SSSR count). The molecule has 13 N–H and O–H groups in total. The summed E-state index contributed by atoms with van der Waals surface area (Å²) >= 11 is 0. The van der Waals surface area contributed by atoms with Gasteiger partial charge in [-0.15, -0.1) is 0 Å². The molecule has 4 unspecified atom stereocenters. The van der Waals surface area contributed by atoms with Gasteiger partial charge >= 0.3 is 0 Å². The van der Waals surface area contributed by atoms with E-state index in [1.807, 2.05) is 0 Å². The van der Waals surface area contributed by atoms with Gasteiger partial charge in [-0.2, -0.15) is 0 Å². The Bertz CT molecular complexity index is 867. The van der Waals surface area contributed by atoms with Crippen LogP contribution < -0.4 is 0 Å². The zero-order valence-corrected chi connectivity index (χ0v) is 22.5. The second-order valence-corrected chi connectivity index (χ2v) is 10.7. The van der Waals surface area contributed by atoms with E-state index in [9.17, 15) is 66.4 Å². The highest BCUT2D eigenvalue weighted by Gasteiger charge is 2.55. The molecule has 0 saturated carbocycles. The maximum Gasteiger partial charge on any atom is 0.187 e. The number of hydrogen-bond donors (Lipinski definition) is 13. The van der Waals surface area contributed by atoms with Crippen molar-refractivity contribution in [2.45, 2.75) is 117 Å². The van der Waals surface area contributed by atoms with Gasteiger partial charge in [-0.25, -0.2) is 0 Å². The summed E-state index contributed by atoms with van der Waals surface area (Å²) in [6.07, 6.45) is -33.8. The number of aliphatic hydroxyl groups excluding tert-OH is 13. The third kappa shape index (κ3) is 7.13. The molecular weight excluding hydrogens is 596 g/mol. The average molecular weight is 637 g/mol. The normalized spacial score (nSPS) is 53.1. The summed E-state index contributed by atoms with van der Waals surface area (Å²) < 4.78 is 38.6. The Morgan fingerprint density at radius 1 is 0.442 bits per heavy atom. The molecule has 4 aliphatic rings. The molecule has 20 heteroatoms. The van der Waals surface area contributed by atoms with Crippen LogP contribution in [0.5, 0.6) is 0 Å². The van der Waals surface area contributed by atoms with Crippen molar-refractivity contribution >= 4 is 0 Å². The maximum atomic E-state index is 11.1. The Balaban J connectivity index is 1.68. The van der Waals surface area contributed by atoms with E-state index in [-0.39, 0.29) is 0 Å². The van der Waals surface area contributed by atoms with Gasteiger partial charge in [0.15, 0.2) is 25.2 Å². The molecule has 4 fully saturated rings. The van der Waals surface area contributed by atoms with Crippen molar-refractivity contribution in [3.8, 4) is 0 Å². The van der Waals surface area contributed by atoms with E-state index >= 15 is 0 Å². The van der Waals surface area contributed by atoms with E-state index in [1.54, 1.807) is 0 Å². The molecule has 4 saturated heterocycles. The zero-order chi connectivity index (χ0) is 31.7. The largest absolute Gasteiger partial charge is 0.394 e. The topological polar surface area (TPSA) is 328 Å². The highest BCUT2D eigenvalue weighted by molar-refractivity contribution is 4.97. The Labute approximate surface area is 243 Å². The molecule has 0 radical (unpaired) electrons. The lowest BCUT2D eigenvalue weighted by atomic mass is 9.95. The van der Waals surface area contributed by atoms with Crippen molar-refractivity contribution in [2.24, 2.45) is 0 Å². The van der Waals surface area contributed by atoms with Crippen molar-refractivity contribution in [2.75, 3.05) is 26.4 Å². The molecule has 0 aliphatic carbocycles. The van der Waals surface area contributed by atoms with E-state index in [1.165, 1.54) is 0 Å². The molecule has 0 bridgehead atoms. The van der Waals surface area contributed by atoms with Gasteiger partial charge in [0.25, 0.3) is 0 Å². The molecule has 20 nitrogen and oxygen atoms in total. The lowest BCUT2D eigenvalue weighted by Crippen LogP contribution is -2.68. The van der Waals surface area contributed by atoms with Crippen LogP contribution in [0.1, 0.15) is 0 Å². The number of ether oxygens (including phenoxy) is 7. The third-order valence-corrected chi connectivity index (χ3v) is 7.81. The average Bonchev–Trinajstić information content (AvgIpc) is 2.99. The van der Waals surface area contributed by atoms with Gasteiger partial charge < -0.3 is 99.5 Å². The molecule has 4 heterocycles. The van der Waals surface area contributed by atoms with E-state index in [0.29, 0.717) is 0 Å². The second-order valence-electron chi connectivity index (χ2n) is 10.7. The van der Waals surface area contributed by atoms with Crippen LogP contribution in [0.2, 0.25) is 0 Å². The first-order valence-electron chi connectivity index (χ1n) is 13.5. The first-order valence-corrected chi connectivity index (χ1v) is 13.5. The lowest BCUT2D eigenvalue weighted by molar-refractivity contribution is -0.402. The lowest BCUT2D eigenvalue weighted by Gasteiger charge is -2.50. The third-order valence-electron chi connectivity index (χ3n) is 7.81. The summed E-state index contributed by atoms with van der Waals surface area (Å²) in [6.45, 7) is -3.11. The highest BCUT2D eigenvalue weighted by atomic mass is 16.8. The van der Waals surface area contributed by atoms with Crippen LogP contribution in [-0.4, -0.2) is 210 Å². The number of aliphatic hydroxyl groups is 13. The van der Waals surface area contributed by atoms with Gasteiger partial charge in [0, 0.05) is 0 Å². The van der Waals surface area contributed by atoms with Crippen LogP contribution in [0.25, 0.3) is 0 Å². The zero-order valence-electron chi connectivity index (χ0n) is 22.5. The first kappa shape index (κ1) is 35.1. The van der Waals surface area contributed by atoms with Crippen molar-refractivity contribution in [3.05, 3.63) is 0 Å². The Morgan fingerprint density at radius 2 is 0.977 bits per heavy atom. The predicted octanol–water partition coefficient (Wildman–Crippen LogP) is -9.11. The summed E-state index contributed by atoms with van der Waals surface area (Å²) in [5.41, 5.74) is 0. The minimum Gasteiger partial charge on any atom is -0.394 e. The number of hydrogen-bond acceptors (Lipinski definition) is 20. The molecular formula is C23H40O20. The fraction of sp³-hybridized carbons (Fsp3) is 1.00. The molecule has 0 aromatic carbocycles. The van der Waals surface area contributed by atoms with Crippen LogP contribution in [0.4, 0.5) is 0 Å².